The predicted octanol–water partition coefficient (Wildman–Crippen LogP) is 4.31. The van der Waals surface area contributed by atoms with Crippen molar-refractivity contribution >= 4 is 50.8 Å². The lowest BCUT2D eigenvalue weighted by molar-refractivity contribution is -0.147. The van der Waals surface area contributed by atoms with Gasteiger partial charge >= 0.3 is 5.97 Å². The van der Waals surface area contributed by atoms with Crippen molar-refractivity contribution in [3.05, 3.63) is 70.9 Å². The summed E-state index contributed by atoms with van der Waals surface area (Å²) in [4.78, 5) is 41.0. The average Bonchev–Trinajstić information content (AvgIpc) is 3.19. The molecule has 1 aromatic heterocycles. The highest BCUT2D eigenvalue weighted by Gasteiger charge is 2.51. The van der Waals surface area contributed by atoms with Crippen LogP contribution in [0.5, 0.6) is 0 Å². The number of nitrogens with two attached hydrogens (primary N) is 1. The van der Waals surface area contributed by atoms with Crippen LogP contribution >= 0.6 is 22.9 Å². The highest BCUT2D eigenvalue weighted by atomic mass is 35.5. The van der Waals surface area contributed by atoms with E-state index in [1.165, 1.54) is 34.6 Å². The number of carboxylic acids is 1. The molecular weight excluding hydrogens is 462 g/mol. The van der Waals surface area contributed by atoms with E-state index < -0.39 is 11.5 Å². The largest absolute Gasteiger partial charge is 0.481 e. The second-order valence-electron chi connectivity index (χ2n) is 7.96. The fourth-order valence-corrected chi connectivity index (χ4v) is 4.96. The van der Waals surface area contributed by atoms with Crippen LogP contribution in [0.3, 0.4) is 0 Å². The standard InChI is InChI=1S/C24H26ClN3O4S/c1-16(14-17(25)9-11-26)27(12-5-8-21(29)30)23(32)24(2)10-13-28(24)22(31)19-15-33-20-7-4-3-6-18(19)20/h3-4,6-7,9,11,14-15H,1,5,8,10,12-13,26H2,2H3,(H,29,30)/b11-9-,17-14+. The van der Waals surface area contributed by atoms with Crippen molar-refractivity contribution in [3.63, 3.8) is 0 Å². The summed E-state index contributed by atoms with van der Waals surface area (Å²) in [5.41, 5.74) is 5.17. The summed E-state index contributed by atoms with van der Waals surface area (Å²) in [5, 5.41) is 12.0. The minimum absolute atomic E-state index is 0.0997. The van der Waals surface area contributed by atoms with Crippen LogP contribution in [0.4, 0.5) is 0 Å². The number of aliphatic carboxylic acids is 1. The first-order chi connectivity index (χ1) is 15.7. The average molecular weight is 488 g/mol. The van der Waals surface area contributed by atoms with Crippen LogP contribution in [0, 0.1) is 0 Å². The quantitative estimate of drug-likeness (QED) is 0.513. The van der Waals surface area contributed by atoms with Crippen LogP contribution in [-0.4, -0.2) is 51.3 Å². The number of likely N-dealkylation sites (tertiary alicyclic amines) is 1. The number of hydrogen-bond acceptors (Lipinski definition) is 5. The lowest BCUT2D eigenvalue weighted by atomic mass is 9.84. The molecule has 1 saturated heterocycles. The zero-order chi connectivity index (χ0) is 24.2. The zero-order valence-corrected chi connectivity index (χ0v) is 19.9. The number of carboxylic acid groups (broad SMARTS) is 1. The Hall–Kier alpha value is -3.10. The number of amides is 2. The van der Waals surface area contributed by atoms with E-state index in [2.05, 4.69) is 6.58 Å². The highest BCUT2D eigenvalue weighted by Crippen LogP contribution is 2.37. The van der Waals surface area contributed by atoms with Gasteiger partial charge in [-0.1, -0.05) is 36.4 Å². The molecule has 1 unspecified atom stereocenters. The number of thiophene rings is 1. The molecule has 0 saturated carbocycles. The summed E-state index contributed by atoms with van der Waals surface area (Å²) in [6, 6.07) is 7.66. The number of fused-ring (bicyclic) bond motifs is 1. The highest BCUT2D eigenvalue weighted by molar-refractivity contribution is 7.17. The van der Waals surface area contributed by atoms with Crippen LogP contribution in [0.1, 0.15) is 36.5 Å². The van der Waals surface area contributed by atoms with Gasteiger partial charge in [0.25, 0.3) is 11.8 Å². The van der Waals surface area contributed by atoms with Crippen LogP contribution in [0.2, 0.25) is 0 Å². The van der Waals surface area contributed by atoms with Crippen molar-refractivity contribution in [2.75, 3.05) is 13.1 Å². The summed E-state index contributed by atoms with van der Waals surface area (Å²) in [6.45, 7) is 6.27. The van der Waals surface area contributed by atoms with Gasteiger partial charge in [-0.15, -0.1) is 11.3 Å². The van der Waals surface area contributed by atoms with Gasteiger partial charge in [0.2, 0.25) is 0 Å². The number of halogens is 1. The molecule has 3 N–H and O–H groups in total. The molecule has 7 nitrogen and oxygen atoms in total. The van der Waals surface area contributed by atoms with Crippen molar-refractivity contribution in [2.24, 2.45) is 5.73 Å². The molecule has 1 aliphatic heterocycles. The SMILES string of the molecule is C=C(/C=C(Cl)\C=C/N)N(CCCC(=O)O)C(=O)C1(C)CCN1C(=O)c1csc2ccccc12. The predicted molar refractivity (Wildman–Crippen MR) is 131 cm³/mol. The third-order valence-corrected chi connectivity index (χ3v) is 6.96. The molecule has 1 atom stereocenters. The Labute approximate surface area is 201 Å². The van der Waals surface area contributed by atoms with Gasteiger partial charge in [0, 0.05) is 45.7 Å². The maximum Gasteiger partial charge on any atom is 0.303 e. The number of hydrogen-bond donors (Lipinski definition) is 2. The second-order valence-corrected chi connectivity index (χ2v) is 9.31. The molecule has 2 amide bonds. The lowest BCUT2D eigenvalue weighted by Crippen LogP contribution is -2.67. The Morgan fingerprint density at radius 1 is 1.36 bits per heavy atom. The van der Waals surface area contributed by atoms with Crippen molar-refractivity contribution in [1.82, 2.24) is 9.80 Å². The van der Waals surface area contributed by atoms with Crippen molar-refractivity contribution < 1.29 is 19.5 Å². The molecule has 1 aliphatic rings. The summed E-state index contributed by atoms with van der Waals surface area (Å²) in [7, 11) is 0. The fourth-order valence-electron chi connectivity index (χ4n) is 3.83. The third kappa shape index (κ3) is 5.12. The number of nitrogens with zero attached hydrogens (tertiary/aromatic N) is 2. The minimum atomic E-state index is -1.07. The molecule has 174 valence electrons. The molecule has 2 aromatic rings. The maximum absolute atomic E-state index is 13.7. The normalized spacial score (nSPS) is 18.4. The van der Waals surface area contributed by atoms with E-state index in [1.807, 2.05) is 29.6 Å². The minimum Gasteiger partial charge on any atom is -0.481 e. The van der Waals surface area contributed by atoms with Gasteiger partial charge in [-0.25, -0.2) is 0 Å². The Bertz CT molecular complexity index is 1160. The first-order valence-corrected chi connectivity index (χ1v) is 11.7. The van der Waals surface area contributed by atoms with Crippen LogP contribution < -0.4 is 5.73 Å². The van der Waals surface area contributed by atoms with Crippen molar-refractivity contribution in [1.29, 1.82) is 0 Å². The van der Waals surface area contributed by atoms with E-state index in [0.717, 1.165) is 10.1 Å². The van der Waals surface area contributed by atoms with Gasteiger partial charge in [0.15, 0.2) is 0 Å². The van der Waals surface area contributed by atoms with Gasteiger partial charge in [-0.3, -0.25) is 14.4 Å². The molecule has 0 aliphatic carbocycles. The number of benzene rings is 1. The first-order valence-electron chi connectivity index (χ1n) is 10.5. The third-order valence-electron chi connectivity index (χ3n) is 5.76. The lowest BCUT2D eigenvalue weighted by Gasteiger charge is -2.51. The molecular formula is C24H26ClN3O4S. The summed E-state index contributed by atoms with van der Waals surface area (Å²) in [6.07, 6.45) is 4.83. The Balaban J connectivity index is 1.87. The van der Waals surface area contributed by atoms with E-state index in [9.17, 15) is 14.4 Å². The molecule has 0 radical (unpaired) electrons. The molecule has 2 heterocycles. The van der Waals surface area contributed by atoms with E-state index in [4.69, 9.17) is 22.4 Å². The summed E-state index contributed by atoms with van der Waals surface area (Å²) < 4.78 is 1.01. The molecule has 1 aromatic carbocycles. The topological polar surface area (TPSA) is 104 Å². The number of carbonyl (C=O) groups is 3. The Morgan fingerprint density at radius 2 is 2.09 bits per heavy atom. The van der Waals surface area contributed by atoms with Crippen molar-refractivity contribution in [3.8, 4) is 0 Å². The molecule has 0 bridgehead atoms. The Kier molecular flexibility index (Phi) is 7.61. The smallest absolute Gasteiger partial charge is 0.303 e. The summed E-state index contributed by atoms with van der Waals surface area (Å²) >= 11 is 7.60. The molecule has 1 fully saturated rings. The van der Waals surface area contributed by atoms with E-state index in [1.54, 1.807) is 11.8 Å². The molecule has 3 rings (SSSR count). The number of allylic oxidation sites excluding steroid dienone is 3. The van der Waals surface area contributed by atoms with Crippen LogP contribution in [0.15, 0.2) is 65.3 Å². The van der Waals surface area contributed by atoms with E-state index >= 15 is 0 Å². The van der Waals surface area contributed by atoms with E-state index in [-0.39, 0.29) is 36.2 Å². The number of rotatable bonds is 9. The molecule has 9 heteroatoms. The van der Waals surface area contributed by atoms with E-state index in [0.29, 0.717) is 24.2 Å². The first kappa shape index (κ1) is 24.5. The summed E-state index contributed by atoms with van der Waals surface area (Å²) in [5.74, 6) is -1.48. The van der Waals surface area contributed by atoms with Gasteiger partial charge < -0.3 is 20.6 Å². The Morgan fingerprint density at radius 3 is 2.73 bits per heavy atom. The van der Waals surface area contributed by atoms with Gasteiger partial charge in [0.1, 0.15) is 5.54 Å². The van der Waals surface area contributed by atoms with Gasteiger partial charge in [-0.2, -0.15) is 0 Å². The second kappa shape index (κ2) is 10.2. The van der Waals surface area contributed by atoms with Gasteiger partial charge in [0.05, 0.1) is 5.56 Å². The van der Waals surface area contributed by atoms with Crippen LogP contribution in [0.25, 0.3) is 10.1 Å². The maximum atomic E-state index is 13.7. The van der Waals surface area contributed by atoms with Crippen molar-refractivity contribution in [2.45, 2.75) is 31.7 Å². The van der Waals surface area contributed by atoms with Gasteiger partial charge in [-0.05, 0) is 44.2 Å². The molecule has 0 spiro atoms. The fraction of sp³-hybridized carbons (Fsp3) is 0.292. The van der Waals surface area contributed by atoms with Crippen LogP contribution in [-0.2, 0) is 9.59 Å². The number of carbonyl (C=O) groups excluding carboxylic acids is 2. The monoisotopic (exact) mass is 487 g/mol. The zero-order valence-electron chi connectivity index (χ0n) is 18.3. The molecule has 33 heavy (non-hydrogen) atoms.